The number of thiazole rings is 1. The summed E-state index contributed by atoms with van der Waals surface area (Å²) in [5.41, 5.74) is 2.20. The number of hydrogen-bond acceptors (Lipinski definition) is 3. The molecule has 2 aromatic rings. The van der Waals surface area contributed by atoms with Crippen LogP contribution in [0.5, 0.6) is 0 Å². The maximum atomic E-state index is 5.94. The van der Waals surface area contributed by atoms with Crippen molar-refractivity contribution in [3.8, 4) is 0 Å². The fraction of sp³-hybridized carbons (Fsp3) is 0.400. The molecule has 0 saturated carbocycles. The Hall–Kier alpha value is -0.610. The van der Waals surface area contributed by atoms with Crippen LogP contribution in [0.25, 0.3) is 0 Å². The first kappa shape index (κ1) is 15.8. The van der Waals surface area contributed by atoms with Crippen LogP contribution in [-0.2, 0) is 5.88 Å². The molecule has 108 valence electrons. The summed E-state index contributed by atoms with van der Waals surface area (Å²) in [6, 6.07) is 8.56. The second-order valence-electron chi connectivity index (χ2n) is 4.88. The number of rotatable bonds is 5. The monoisotopic (exact) mass is 328 g/mol. The summed E-state index contributed by atoms with van der Waals surface area (Å²) in [6.45, 7) is 4.36. The van der Waals surface area contributed by atoms with E-state index in [9.17, 15) is 0 Å². The Morgan fingerprint density at radius 2 is 1.85 bits per heavy atom. The molecule has 1 aromatic carbocycles. The highest BCUT2D eigenvalue weighted by Gasteiger charge is 2.21. The van der Waals surface area contributed by atoms with E-state index in [1.165, 1.54) is 5.56 Å². The number of halogens is 2. The average molecular weight is 329 g/mol. The van der Waals surface area contributed by atoms with E-state index < -0.39 is 0 Å². The van der Waals surface area contributed by atoms with Gasteiger partial charge in [0.25, 0.3) is 0 Å². The van der Waals surface area contributed by atoms with Crippen LogP contribution in [0.2, 0.25) is 5.02 Å². The Kier molecular flexibility index (Phi) is 5.44. The first-order valence-electron chi connectivity index (χ1n) is 6.50. The molecule has 1 heterocycles. The van der Waals surface area contributed by atoms with Gasteiger partial charge in [-0.1, -0.05) is 23.7 Å². The zero-order valence-electron chi connectivity index (χ0n) is 11.8. The van der Waals surface area contributed by atoms with Crippen molar-refractivity contribution < 1.29 is 0 Å². The van der Waals surface area contributed by atoms with E-state index in [1.807, 2.05) is 17.5 Å². The van der Waals surface area contributed by atoms with Crippen LogP contribution in [0.1, 0.15) is 42.2 Å². The van der Waals surface area contributed by atoms with Crippen molar-refractivity contribution in [2.75, 3.05) is 7.05 Å². The second-order valence-corrected chi connectivity index (χ2v) is 6.47. The minimum atomic E-state index is 0.252. The van der Waals surface area contributed by atoms with Gasteiger partial charge in [-0.2, -0.15) is 0 Å². The van der Waals surface area contributed by atoms with E-state index in [2.05, 4.69) is 42.9 Å². The molecular weight excluding hydrogens is 311 g/mol. The molecule has 5 heteroatoms. The molecule has 0 aliphatic rings. The summed E-state index contributed by atoms with van der Waals surface area (Å²) in [6.07, 6.45) is 0. The molecule has 0 amide bonds. The number of benzene rings is 1. The molecule has 2 nitrogen and oxygen atoms in total. The van der Waals surface area contributed by atoms with Crippen molar-refractivity contribution in [2.24, 2.45) is 0 Å². The molecule has 0 aliphatic carbocycles. The molecule has 0 N–H and O–H groups in total. The van der Waals surface area contributed by atoms with E-state index >= 15 is 0 Å². The topological polar surface area (TPSA) is 16.1 Å². The summed E-state index contributed by atoms with van der Waals surface area (Å²) in [7, 11) is 2.12. The molecule has 0 saturated heterocycles. The largest absolute Gasteiger partial charge is 0.291 e. The van der Waals surface area contributed by atoms with Gasteiger partial charge in [0, 0.05) is 16.4 Å². The van der Waals surface area contributed by atoms with Crippen LogP contribution in [-0.4, -0.2) is 16.9 Å². The standard InChI is InChI=1S/C15H18Cl2N2S/c1-10(12-4-6-13(17)7-5-12)19(3)11(2)15-18-14(8-16)9-20-15/h4-7,9-11H,8H2,1-3H3. The predicted octanol–water partition coefficient (Wildman–Crippen LogP) is 5.29. The Balaban J connectivity index is 2.12. The van der Waals surface area contributed by atoms with E-state index in [0.717, 1.165) is 15.7 Å². The number of nitrogens with zero attached hydrogens (tertiary/aromatic N) is 2. The summed E-state index contributed by atoms with van der Waals surface area (Å²) in [5, 5.41) is 3.90. The molecule has 0 fully saturated rings. The Bertz CT molecular complexity index is 553. The molecular formula is C15H18Cl2N2S. The van der Waals surface area contributed by atoms with Gasteiger partial charge in [-0.05, 0) is 38.6 Å². The fourth-order valence-electron chi connectivity index (χ4n) is 2.06. The highest BCUT2D eigenvalue weighted by molar-refractivity contribution is 7.09. The molecule has 0 radical (unpaired) electrons. The third-order valence-electron chi connectivity index (χ3n) is 3.64. The van der Waals surface area contributed by atoms with Crippen molar-refractivity contribution in [1.82, 2.24) is 9.88 Å². The maximum Gasteiger partial charge on any atom is 0.110 e. The van der Waals surface area contributed by atoms with Crippen LogP contribution < -0.4 is 0 Å². The van der Waals surface area contributed by atoms with Crippen molar-refractivity contribution in [2.45, 2.75) is 31.8 Å². The molecule has 2 unspecified atom stereocenters. The SMILES string of the molecule is CC(c1ccc(Cl)cc1)N(C)C(C)c1nc(CCl)cs1. The van der Waals surface area contributed by atoms with Gasteiger partial charge in [-0.15, -0.1) is 22.9 Å². The van der Waals surface area contributed by atoms with Crippen LogP contribution in [0.15, 0.2) is 29.6 Å². The van der Waals surface area contributed by atoms with Gasteiger partial charge >= 0.3 is 0 Å². The molecule has 20 heavy (non-hydrogen) atoms. The highest BCUT2D eigenvalue weighted by atomic mass is 35.5. The van der Waals surface area contributed by atoms with Gasteiger partial charge in [-0.3, -0.25) is 4.90 Å². The third-order valence-corrected chi connectivity index (χ3v) is 5.23. The van der Waals surface area contributed by atoms with Crippen molar-refractivity contribution in [1.29, 1.82) is 0 Å². The van der Waals surface area contributed by atoms with Crippen molar-refractivity contribution in [3.63, 3.8) is 0 Å². The van der Waals surface area contributed by atoms with Crippen LogP contribution >= 0.6 is 34.5 Å². The van der Waals surface area contributed by atoms with Gasteiger partial charge in [0.2, 0.25) is 0 Å². The van der Waals surface area contributed by atoms with Gasteiger partial charge in [0.1, 0.15) is 5.01 Å². The van der Waals surface area contributed by atoms with Gasteiger partial charge in [0.05, 0.1) is 17.6 Å². The number of alkyl halides is 1. The van der Waals surface area contributed by atoms with E-state index in [1.54, 1.807) is 11.3 Å². The number of hydrogen-bond donors (Lipinski definition) is 0. The molecule has 1 aromatic heterocycles. The zero-order chi connectivity index (χ0) is 14.7. The summed E-state index contributed by atoms with van der Waals surface area (Å²) in [5.74, 6) is 0.472. The fourth-order valence-corrected chi connectivity index (χ4v) is 3.34. The first-order chi connectivity index (χ1) is 9.52. The average Bonchev–Trinajstić information content (AvgIpc) is 2.94. The maximum absolute atomic E-state index is 5.94. The lowest BCUT2D eigenvalue weighted by molar-refractivity contribution is 0.198. The van der Waals surface area contributed by atoms with Gasteiger partial charge in [-0.25, -0.2) is 4.98 Å². The molecule has 0 aliphatic heterocycles. The van der Waals surface area contributed by atoms with Crippen LogP contribution in [0.3, 0.4) is 0 Å². The Labute approximate surface area is 134 Å². The van der Waals surface area contributed by atoms with Crippen molar-refractivity contribution in [3.05, 3.63) is 50.9 Å². The smallest absolute Gasteiger partial charge is 0.110 e. The summed E-state index contributed by atoms with van der Waals surface area (Å²) < 4.78 is 0. The zero-order valence-corrected chi connectivity index (χ0v) is 14.1. The lowest BCUT2D eigenvalue weighted by Crippen LogP contribution is -2.25. The quantitative estimate of drug-likeness (QED) is 0.693. The molecule has 0 bridgehead atoms. The van der Waals surface area contributed by atoms with Gasteiger partial charge < -0.3 is 0 Å². The highest BCUT2D eigenvalue weighted by Crippen LogP contribution is 2.30. The minimum absolute atomic E-state index is 0.252. The normalized spacial score (nSPS) is 14.5. The lowest BCUT2D eigenvalue weighted by atomic mass is 10.1. The number of aromatic nitrogens is 1. The second kappa shape index (κ2) is 6.90. The summed E-state index contributed by atoms with van der Waals surface area (Å²) in [4.78, 5) is 6.87. The minimum Gasteiger partial charge on any atom is -0.291 e. The summed E-state index contributed by atoms with van der Waals surface area (Å²) >= 11 is 13.4. The van der Waals surface area contributed by atoms with E-state index in [4.69, 9.17) is 23.2 Å². The predicted molar refractivity (Wildman–Crippen MR) is 87.7 cm³/mol. The molecule has 2 rings (SSSR count). The van der Waals surface area contributed by atoms with Crippen molar-refractivity contribution >= 4 is 34.5 Å². The first-order valence-corrected chi connectivity index (χ1v) is 8.29. The Morgan fingerprint density at radius 1 is 1.20 bits per heavy atom. The lowest BCUT2D eigenvalue weighted by Gasteiger charge is -2.30. The van der Waals surface area contributed by atoms with E-state index in [-0.39, 0.29) is 6.04 Å². The van der Waals surface area contributed by atoms with Crippen LogP contribution in [0.4, 0.5) is 0 Å². The van der Waals surface area contributed by atoms with Gasteiger partial charge in [0.15, 0.2) is 0 Å². The molecule has 2 atom stereocenters. The van der Waals surface area contributed by atoms with Crippen LogP contribution in [0, 0.1) is 0 Å². The Morgan fingerprint density at radius 3 is 2.40 bits per heavy atom. The third kappa shape index (κ3) is 3.53. The molecule has 0 spiro atoms. The van der Waals surface area contributed by atoms with E-state index in [0.29, 0.717) is 11.9 Å².